The molecule has 178 valence electrons. The Bertz CT molecular complexity index is 1300. The molecule has 3 aromatic rings. The first-order valence-corrected chi connectivity index (χ1v) is 11.7. The van der Waals surface area contributed by atoms with Crippen molar-refractivity contribution >= 4 is 46.3 Å². The Morgan fingerprint density at radius 3 is 2.51 bits per heavy atom. The molecule has 10 heteroatoms. The number of carbonyl (C=O) groups excluding carboxylic acids is 2. The molecule has 1 saturated heterocycles. The summed E-state index contributed by atoms with van der Waals surface area (Å²) in [6.07, 6.45) is 1.61. The van der Waals surface area contributed by atoms with Crippen LogP contribution in [0.2, 0.25) is 5.02 Å². The Morgan fingerprint density at radius 1 is 0.971 bits per heavy atom. The van der Waals surface area contributed by atoms with Crippen LogP contribution in [0.15, 0.2) is 77.7 Å². The molecule has 0 radical (unpaired) electrons. The largest absolute Gasteiger partial charge is 0.492 e. The van der Waals surface area contributed by atoms with Crippen molar-refractivity contribution in [3.63, 3.8) is 0 Å². The molecular formula is C25H19ClN2O6S. The minimum absolute atomic E-state index is 0.0163. The topological polar surface area (TPSA) is 99.0 Å². The van der Waals surface area contributed by atoms with Gasteiger partial charge in [-0.3, -0.25) is 24.6 Å². The second-order valence-corrected chi connectivity index (χ2v) is 8.81. The normalized spacial score (nSPS) is 14.4. The number of hydrogen-bond donors (Lipinski definition) is 0. The molecule has 1 heterocycles. The average Bonchev–Trinajstić information content (AvgIpc) is 3.11. The number of rotatable bonds is 9. The third-order valence-corrected chi connectivity index (χ3v) is 6.17. The molecule has 1 fully saturated rings. The number of amides is 2. The van der Waals surface area contributed by atoms with Crippen molar-refractivity contribution in [3.8, 4) is 11.5 Å². The summed E-state index contributed by atoms with van der Waals surface area (Å²) in [4.78, 5) is 37.3. The van der Waals surface area contributed by atoms with Crippen LogP contribution in [0.3, 0.4) is 0 Å². The lowest BCUT2D eigenvalue weighted by atomic mass is 10.2. The number of halogens is 1. The summed E-state index contributed by atoms with van der Waals surface area (Å²) in [7, 11) is 0. The highest BCUT2D eigenvalue weighted by atomic mass is 35.5. The Morgan fingerprint density at radius 2 is 1.74 bits per heavy atom. The fourth-order valence-corrected chi connectivity index (χ4v) is 4.29. The number of para-hydroxylation sites is 1. The van der Waals surface area contributed by atoms with Crippen molar-refractivity contribution in [1.82, 2.24) is 4.90 Å². The van der Waals surface area contributed by atoms with E-state index < -0.39 is 10.8 Å². The fraction of sp³-hybridized carbons (Fsp3) is 0.120. The molecule has 0 spiro atoms. The third-order valence-electron chi connectivity index (χ3n) is 5.01. The summed E-state index contributed by atoms with van der Waals surface area (Å²) in [6, 6.07) is 20.1. The predicted octanol–water partition coefficient (Wildman–Crippen LogP) is 5.94. The third kappa shape index (κ3) is 6.20. The lowest BCUT2D eigenvalue weighted by molar-refractivity contribution is -0.385. The van der Waals surface area contributed by atoms with Gasteiger partial charge in [0.2, 0.25) is 0 Å². The quantitative estimate of drug-likeness (QED) is 0.199. The zero-order valence-electron chi connectivity index (χ0n) is 18.3. The number of nitro benzene ring substituents is 1. The minimum Gasteiger partial charge on any atom is -0.492 e. The van der Waals surface area contributed by atoms with Crippen LogP contribution in [-0.4, -0.2) is 34.1 Å². The summed E-state index contributed by atoms with van der Waals surface area (Å²) in [6.45, 7) is 0.288. The SMILES string of the molecule is O=C1S/C(=C\c2cccc(OCc3ccccc3[N+](=O)[O-])c2)C(=O)N1CCOc1ccc(Cl)cc1. The van der Waals surface area contributed by atoms with Gasteiger partial charge in [0, 0.05) is 11.1 Å². The van der Waals surface area contributed by atoms with E-state index in [2.05, 4.69) is 0 Å². The maximum Gasteiger partial charge on any atom is 0.293 e. The molecule has 35 heavy (non-hydrogen) atoms. The first-order chi connectivity index (χ1) is 16.9. The monoisotopic (exact) mass is 510 g/mol. The Kier molecular flexibility index (Phi) is 7.69. The number of nitro groups is 1. The zero-order valence-corrected chi connectivity index (χ0v) is 19.8. The van der Waals surface area contributed by atoms with Crippen LogP contribution in [0, 0.1) is 10.1 Å². The minimum atomic E-state index is -0.453. The first kappa shape index (κ1) is 24.3. The van der Waals surface area contributed by atoms with Gasteiger partial charge in [0.15, 0.2) is 0 Å². The average molecular weight is 511 g/mol. The van der Waals surface area contributed by atoms with E-state index in [0.717, 1.165) is 16.7 Å². The van der Waals surface area contributed by atoms with Crippen molar-refractivity contribution in [2.75, 3.05) is 13.2 Å². The van der Waals surface area contributed by atoms with Gasteiger partial charge in [0.05, 0.1) is 21.9 Å². The molecule has 8 nitrogen and oxygen atoms in total. The lowest BCUT2D eigenvalue weighted by Crippen LogP contribution is -2.32. The second kappa shape index (κ2) is 11.1. The summed E-state index contributed by atoms with van der Waals surface area (Å²) in [5.41, 5.74) is 1.09. The second-order valence-electron chi connectivity index (χ2n) is 7.38. The van der Waals surface area contributed by atoms with Gasteiger partial charge in [-0.15, -0.1) is 0 Å². The van der Waals surface area contributed by atoms with E-state index in [4.69, 9.17) is 21.1 Å². The molecule has 4 rings (SSSR count). The van der Waals surface area contributed by atoms with E-state index in [1.807, 2.05) is 0 Å². The Hall–Kier alpha value is -3.82. The van der Waals surface area contributed by atoms with Gasteiger partial charge in [-0.05, 0) is 65.9 Å². The molecular weight excluding hydrogens is 492 g/mol. The molecule has 0 saturated carbocycles. The highest BCUT2D eigenvalue weighted by Crippen LogP contribution is 2.32. The van der Waals surface area contributed by atoms with Gasteiger partial charge in [0.25, 0.3) is 16.8 Å². The van der Waals surface area contributed by atoms with Crippen molar-refractivity contribution in [3.05, 3.63) is 104 Å². The Balaban J connectivity index is 1.38. The standard InChI is InChI=1S/C25H19ClN2O6S/c26-19-8-10-20(11-9-19)33-13-12-27-24(29)23(35-25(27)30)15-17-4-3-6-21(14-17)34-16-18-5-1-2-7-22(18)28(31)32/h1-11,14-15H,12-13,16H2/b23-15-. The van der Waals surface area contributed by atoms with Crippen LogP contribution in [0.1, 0.15) is 11.1 Å². The molecule has 1 aliphatic rings. The van der Waals surface area contributed by atoms with Gasteiger partial charge in [-0.25, -0.2) is 0 Å². The smallest absolute Gasteiger partial charge is 0.293 e. The zero-order chi connectivity index (χ0) is 24.8. The molecule has 0 bridgehead atoms. The van der Waals surface area contributed by atoms with E-state index >= 15 is 0 Å². The molecule has 0 N–H and O–H groups in total. The first-order valence-electron chi connectivity index (χ1n) is 10.5. The maximum absolute atomic E-state index is 12.8. The van der Waals surface area contributed by atoms with E-state index in [0.29, 0.717) is 27.6 Å². The van der Waals surface area contributed by atoms with Crippen LogP contribution >= 0.6 is 23.4 Å². The van der Waals surface area contributed by atoms with Crippen LogP contribution in [0.4, 0.5) is 10.5 Å². The van der Waals surface area contributed by atoms with Crippen molar-refractivity contribution in [1.29, 1.82) is 0 Å². The van der Waals surface area contributed by atoms with Gasteiger partial charge < -0.3 is 9.47 Å². The van der Waals surface area contributed by atoms with Crippen molar-refractivity contribution in [2.45, 2.75) is 6.61 Å². The number of ether oxygens (including phenoxy) is 2. The van der Waals surface area contributed by atoms with E-state index in [-0.39, 0.29) is 35.6 Å². The van der Waals surface area contributed by atoms with E-state index in [1.165, 1.54) is 6.07 Å². The summed E-state index contributed by atoms with van der Waals surface area (Å²) < 4.78 is 11.3. The highest BCUT2D eigenvalue weighted by Gasteiger charge is 2.34. The molecule has 1 aliphatic heterocycles. The number of nitrogens with zero attached hydrogens (tertiary/aromatic N) is 2. The van der Waals surface area contributed by atoms with Crippen molar-refractivity contribution in [2.24, 2.45) is 0 Å². The van der Waals surface area contributed by atoms with Crippen LogP contribution in [0.25, 0.3) is 6.08 Å². The van der Waals surface area contributed by atoms with Gasteiger partial charge in [-0.1, -0.05) is 35.9 Å². The van der Waals surface area contributed by atoms with Crippen LogP contribution < -0.4 is 9.47 Å². The van der Waals surface area contributed by atoms with Crippen molar-refractivity contribution < 1.29 is 24.0 Å². The van der Waals surface area contributed by atoms with Gasteiger partial charge in [0.1, 0.15) is 24.7 Å². The summed E-state index contributed by atoms with van der Waals surface area (Å²) in [5, 5.41) is 11.4. The lowest BCUT2D eigenvalue weighted by Gasteiger charge is -2.13. The molecule has 3 aromatic carbocycles. The predicted molar refractivity (Wildman–Crippen MR) is 133 cm³/mol. The molecule has 0 aromatic heterocycles. The number of imide groups is 1. The fourth-order valence-electron chi connectivity index (χ4n) is 3.30. The number of thioether (sulfide) groups is 1. The van der Waals surface area contributed by atoms with Crippen LogP contribution in [0.5, 0.6) is 11.5 Å². The van der Waals surface area contributed by atoms with E-state index in [1.54, 1.807) is 72.8 Å². The van der Waals surface area contributed by atoms with Gasteiger partial charge in [-0.2, -0.15) is 0 Å². The molecule has 0 aliphatic carbocycles. The number of benzene rings is 3. The molecule has 2 amide bonds. The highest BCUT2D eigenvalue weighted by molar-refractivity contribution is 8.18. The summed E-state index contributed by atoms with van der Waals surface area (Å²) >= 11 is 6.70. The molecule has 0 atom stereocenters. The van der Waals surface area contributed by atoms with Crippen LogP contribution in [-0.2, 0) is 11.4 Å². The number of hydrogen-bond acceptors (Lipinski definition) is 7. The van der Waals surface area contributed by atoms with E-state index in [9.17, 15) is 19.7 Å². The summed E-state index contributed by atoms with van der Waals surface area (Å²) in [5.74, 6) is 0.674. The number of carbonyl (C=O) groups is 2. The maximum atomic E-state index is 12.8. The molecule has 0 unspecified atom stereocenters. The van der Waals surface area contributed by atoms with Gasteiger partial charge >= 0.3 is 0 Å². The Labute approximate surface area is 210 Å².